The van der Waals surface area contributed by atoms with Crippen molar-refractivity contribution in [1.29, 1.82) is 0 Å². The lowest BCUT2D eigenvalue weighted by atomic mass is 10.1. The standard InChI is InChI=1S/C9H10BrNO2/c1-12-9-6(10)3-2-5-7(11)4-13-8(5)9/h2-3,7H,4,11H2,1H3/t7-/m1/s1. The third-order valence-corrected chi connectivity index (χ3v) is 2.73. The summed E-state index contributed by atoms with van der Waals surface area (Å²) >= 11 is 3.38. The van der Waals surface area contributed by atoms with Gasteiger partial charge in [-0.25, -0.2) is 0 Å². The fraction of sp³-hybridized carbons (Fsp3) is 0.333. The first-order valence-electron chi connectivity index (χ1n) is 3.99. The van der Waals surface area contributed by atoms with E-state index in [2.05, 4.69) is 15.9 Å². The number of rotatable bonds is 1. The zero-order valence-electron chi connectivity index (χ0n) is 7.21. The van der Waals surface area contributed by atoms with Gasteiger partial charge in [-0.15, -0.1) is 0 Å². The highest BCUT2D eigenvalue weighted by Crippen LogP contribution is 2.43. The molecule has 0 saturated carbocycles. The van der Waals surface area contributed by atoms with Gasteiger partial charge in [-0.05, 0) is 22.0 Å². The zero-order valence-corrected chi connectivity index (χ0v) is 8.80. The second-order valence-corrected chi connectivity index (χ2v) is 3.77. The summed E-state index contributed by atoms with van der Waals surface area (Å²) in [6.07, 6.45) is 0. The van der Waals surface area contributed by atoms with Crippen molar-refractivity contribution in [2.75, 3.05) is 13.7 Å². The van der Waals surface area contributed by atoms with E-state index < -0.39 is 0 Å². The van der Waals surface area contributed by atoms with Crippen LogP contribution in [-0.4, -0.2) is 13.7 Å². The smallest absolute Gasteiger partial charge is 0.175 e. The first-order chi connectivity index (χ1) is 6.24. The minimum Gasteiger partial charge on any atom is -0.492 e. The number of hydrogen-bond donors (Lipinski definition) is 1. The number of fused-ring (bicyclic) bond motifs is 1. The summed E-state index contributed by atoms with van der Waals surface area (Å²) in [6, 6.07) is 3.85. The topological polar surface area (TPSA) is 44.5 Å². The van der Waals surface area contributed by atoms with Crippen molar-refractivity contribution in [2.24, 2.45) is 5.73 Å². The van der Waals surface area contributed by atoms with Crippen LogP contribution in [0.3, 0.4) is 0 Å². The second-order valence-electron chi connectivity index (χ2n) is 2.92. The molecule has 1 atom stereocenters. The van der Waals surface area contributed by atoms with Gasteiger partial charge in [0, 0.05) is 5.56 Å². The average molecular weight is 244 g/mol. The summed E-state index contributed by atoms with van der Waals surface area (Å²) in [6.45, 7) is 0.530. The number of hydrogen-bond acceptors (Lipinski definition) is 3. The van der Waals surface area contributed by atoms with E-state index in [1.807, 2.05) is 12.1 Å². The molecule has 0 radical (unpaired) electrons. The van der Waals surface area contributed by atoms with E-state index in [0.29, 0.717) is 6.61 Å². The molecule has 0 aliphatic carbocycles. The Morgan fingerprint density at radius 3 is 3.08 bits per heavy atom. The van der Waals surface area contributed by atoms with Gasteiger partial charge in [0.05, 0.1) is 17.6 Å². The molecule has 3 nitrogen and oxygen atoms in total. The lowest BCUT2D eigenvalue weighted by molar-refractivity contribution is 0.310. The van der Waals surface area contributed by atoms with Crippen LogP contribution in [-0.2, 0) is 0 Å². The highest BCUT2D eigenvalue weighted by molar-refractivity contribution is 9.10. The maximum absolute atomic E-state index is 5.82. The molecular weight excluding hydrogens is 234 g/mol. The van der Waals surface area contributed by atoms with Gasteiger partial charge >= 0.3 is 0 Å². The van der Waals surface area contributed by atoms with Crippen LogP contribution in [0.25, 0.3) is 0 Å². The molecule has 1 aliphatic rings. The van der Waals surface area contributed by atoms with Crippen molar-refractivity contribution in [3.8, 4) is 11.5 Å². The number of nitrogens with two attached hydrogens (primary N) is 1. The molecule has 0 fully saturated rings. The third-order valence-electron chi connectivity index (χ3n) is 2.11. The molecule has 1 aromatic rings. The molecule has 2 rings (SSSR count). The Bertz CT molecular complexity index is 341. The normalized spacial score (nSPS) is 19.5. The third kappa shape index (κ3) is 1.30. The molecule has 0 unspecified atom stereocenters. The Hall–Kier alpha value is -0.740. The predicted octanol–water partition coefficient (Wildman–Crippen LogP) is 1.85. The Kier molecular flexibility index (Phi) is 2.17. The molecule has 0 aromatic heterocycles. The Labute approximate surface area is 85.0 Å². The lowest BCUT2D eigenvalue weighted by Gasteiger charge is -2.08. The predicted molar refractivity (Wildman–Crippen MR) is 53.1 cm³/mol. The highest BCUT2D eigenvalue weighted by Gasteiger charge is 2.25. The van der Waals surface area contributed by atoms with Gasteiger partial charge in [0.25, 0.3) is 0 Å². The van der Waals surface area contributed by atoms with E-state index in [1.54, 1.807) is 7.11 Å². The molecule has 4 heteroatoms. The van der Waals surface area contributed by atoms with Crippen LogP contribution in [0.4, 0.5) is 0 Å². The van der Waals surface area contributed by atoms with Crippen LogP contribution in [0, 0.1) is 0 Å². The van der Waals surface area contributed by atoms with Crippen LogP contribution in [0.5, 0.6) is 11.5 Å². The zero-order chi connectivity index (χ0) is 9.42. The van der Waals surface area contributed by atoms with Crippen LogP contribution in [0.2, 0.25) is 0 Å². The van der Waals surface area contributed by atoms with Gasteiger partial charge in [0.15, 0.2) is 11.5 Å². The van der Waals surface area contributed by atoms with E-state index in [4.69, 9.17) is 15.2 Å². The van der Waals surface area contributed by atoms with Crippen molar-refractivity contribution in [3.63, 3.8) is 0 Å². The van der Waals surface area contributed by atoms with Gasteiger partial charge in [-0.2, -0.15) is 0 Å². The Morgan fingerprint density at radius 1 is 1.62 bits per heavy atom. The maximum atomic E-state index is 5.82. The number of benzene rings is 1. The quantitative estimate of drug-likeness (QED) is 0.819. The molecule has 0 bridgehead atoms. The monoisotopic (exact) mass is 243 g/mol. The maximum Gasteiger partial charge on any atom is 0.175 e. The van der Waals surface area contributed by atoms with Gasteiger partial charge in [0.1, 0.15) is 6.61 Å². The Balaban J connectivity index is 2.57. The molecule has 1 aliphatic heterocycles. The molecule has 2 N–H and O–H groups in total. The Morgan fingerprint density at radius 2 is 2.38 bits per heavy atom. The van der Waals surface area contributed by atoms with E-state index in [0.717, 1.165) is 21.5 Å². The van der Waals surface area contributed by atoms with Crippen LogP contribution < -0.4 is 15.2 Å². The highest BCUT2D eigenvalue weighted by atomic mass is 79.9. The van der Waals surface area contributed by atoms with Gasteiger partial charge in [-0.3, -0.25) is 0 Å². The molecule has 70 valence electrons. The van der Waals surface area contributed by atoms with Gasteiger partial charge < -0.3 is 15.2 Å². The minimum absolute atomic E-state index is 0.0306. The summed E-state index contributed by atoms with van der Waals surface area (Å²) in [5, 5.41) is 0. The number of ether oxygens (including phenoxy) is 2. The first-order valence-corrected chi connectivity index (χ1v) is 4.78. The molecule has 0 spiro atoms. The van der Waals surface area contributed by atoms with Gasteiger partial charge in [-0.1, -0.05) is 6.07 Å². The fourth-order valence-electron chi connectivity index (χ4n) is 1.45. The van der Waals surface area contributed by atoms with Crippen LogP contribution in [0.1, 0.15) is 11.6 Å². The SMILES string of the molecule is COc1c(Br)ccc2c1OC[C@H]2N. The van der Waals surface area contributed by atoms with Crippen molar-refractivity contribution < 1.29 is 9.47 Å². The molecular formula is C9H10BrNO2. The lowest BCUT2D eigenvalue weighted by Crippen LogP contribution is -2.10. The molecule has 0 saturated heterocycles. The average Bonchev–Trinajstić information content (AvgIpc) is 2.48. The number of halogens is 1. The molecule has 13 heavy (non-hydrogen) atoms. The fourth-order valence-corrected chi connectivity index (χ4v) is 1.92. The van der Waals surface area contributed by atoms with Crippen molar-refractivity contribution in [2.45, 2.75) is 6.04 Å². The summed E-state index contributed by atoms with van der Waals surface area (Å²) in [5.74, 6) is 1.50. The van der Waals surface area contributed by atoms with E-state index in [9.17, 15) is 0 Å². The van der Waals surface area contributed by atoms with Crippen molar-refractivity contribution >= 4 is 15.9 Å². The van der Waals surface area contributed by atoms with E-state index >= 15 is 0 Å². The summed E-state index contributed by atoms with van der Waals surface area (Å²) in [7, 11) is 1.62. The van der Waals surface area contributed by atoms with Crippen LogP contribution >= 0.6 is 15.9 Å². The number of methoxy groups -OCH3 is 1. The van der Waals surface area contributed by atoms with E-state index in [1.165, 1.54) is 0 Å². The molecule has 1 heterocycles. The largest absolute Gasteiger partial charge is 0.492 e. The molecule has 1 aromatic carbocycles. The molecule has 0 amide bonds. The van der Waals surface area contributed by atoms with Gasteiger partial charge in [0.2, 0.25) is 0 Å². The van der Waals surface area contributed by atoms with Crippen molar-refractivity contribution in [3.05, 3.63) is 22.2 Å². The summed E-state index contributed by atoms with van der Waals surface area (Å²) < 4.78 is 11.5. The summed E-state index contributed by atoms with van der Waals surface area (Å²) in [4.78, 5) is 0. The van der Waals surface area contributed by atoms with Crippen molar-refractivity contribution in [1.82, 2.24) is 0 Å². The second kappa shape index (κ2) is 3.20. The minimum atomic E-state index is -0.0306. The van der Waals surface area contributed by atoms with Crippen LogP contribution in [0.15, 0.2) is 16.6 Å². The first kappa shape index (κ1) is 8.84. The van der Waals surface area contributed by atoms with E-state index in [-0.39, 0.29) is 6.04 Å². The summed E-state index contributed by atoms with van der Waals surface area (Å²) in [5.41, 5.74) is 6.84.